The van der Waals surface area contributed by atoms with E-state index in [0.717, 1.165) is 47.6 Å². The number of thiazole rings is 1. The molecule has 1 atom stereocenters. The predicted molar refractivity (Wildman–Crippen MR) is 113 cm³/mol. The Hall–Kier alpha value is -2.70. The van der Waals surface area contributed by atoms with Crippen molar-refractivity contribution in [2.45, 2.75) is 25.4 Å². The summed E-state index contributed by atoms with van der Waals surface area (Å²) in [5.74, 6) is 0.917. The van der Waals surface area contributed by atoms with Crippen molar-refractivity contribution < 1.29 is 9.53 Å². The summed E-state index contributed by atoms with van der Waals surface area (Å²) in [6.07, 6.45) is 1.90. The second kappa shape index (κ2) is 8.54. The van der Waals surface area contributed by atoms with Gasteiger partial charge >= 0.3 is 0 Å². The Morgan fingerprint density at radius 3 is 2.82 bits per heavy atom. The number of anilines is 1. The van der Waals surface area contributed by atoms with E-state index in [-0.39, 0.29) is 11.9 Å². The number of aromatic nitrogens is 1. The normalized spacial score (nSPS) is 16.8. The van der Waals surface area contributed by atoms with Crippen molar-refractivity contribution in [3.05, 3.63) is 65.0 Å². The van der Waals surface area contributed by atoms with Gasteiger partial charge in [-0.15, -0.1) is 11.3 Å². The number of nitrogens with zero attached hydrogens (tertiary/aromatic N) is 2. The van der Waals surface area contributed by atoms with Crippen LogP contribution in [0.5, 0.6) is 5.75 Å². The van der Waals surface area contributed by atoms with Gasteiger partial charge in [0, 0.05) is 28.7 Å². The van der Waals surface area contributed by atoms with Gasteiger partial charge in [-0.05, 0) is 37.6 Å². The molecule has 28 heavy (non-hydrogen) atoms. The average molecular weight is 394 g/mol. The Morgan fingerprint density at radius 1 is 1.25 bits per heavy atom. The van der Waals surface area contributed by atoms with Crippen molar-refractivity contribution in [2.75, 3.05) is 19.0 Å². The van der Waals surface area contributed by atoms with Crippen LogP contribution in [0.25, 0.3) is 11.3 Å². The third-order valence-corrected chi connectivity index (χ3v) is 5.70. The Labute approximate surface area is 169 Å². The minimum absolute atomic E-state index is 0.0498. The van der Waals surface area contributed by atoms with Crippen LogP contribution in [0.3, 0.4) is 0 Å². The number of para-hydroxylation sites is 1. The van der Waals surface area contributed by atoms with Gasteiger partial charge in [-0.3, -0.25) is 9.69 Å². The van der Waals surface area contributed by atoms with Crippen LogP contribution in [0.4, 0.5) is 5.69 Å². The number of hydrogen-bond donors (Lipinski definition) is 1. The Balaban J connectivity index is 1.42. The Morgan fingerprint density at radius 2 is 2.07 bits per heavy atom. The summed E-state index contributed by atoms with van der Waals surface area (Å²) < 4.78 is 5.46. The Bertz CT molecular complexity index is 925. The van der Waals surface area contributed by atoms with Gasteiger partial charge in [-0.1, -0.05) is 30.3 Å². The lowest BCUT2D eigenvalue weighted by atomic mass is 10.1. The lowest BCUT2D eigenvalue weighted by molar-refractivity contribution is -0.120. The molecule has 0 unspecified atom stereocenters. The lowest BCUT2D eigenvalue weighted by Crippen LogP contribution is -2.39. The zero-order chi connectivity index (χ0) is 19.3. The number of rotatable bonds is 6. The highest BCUT2D eigenvalue weighted by atomic mass is 32.1. The third-order valence-electron chi connectivity index (χ3n) is 5.11. The molecule has 1 amide bonds. The highest BCUT2D eigenvalue weighted by Gasteiger charge is 2.31. The predicted octanol–water partition coefficient (Wildman–Crippen LogP) is 4.42. The van der Waals surface area contributed by atoms with E-state index in [2.05, 4.69) is 21.3 Å². The van der Waals surface area contributed by atoms with Crippen LogP contribution >= 0.6 is 11.3 Å². The molecule has 2 aromatic carbocycles. The number of amides is 1. The van der Waals surface area contributed by atoms with Crippen LogP contribution in [-0.2, 0) is 11.3 Å². The van der Waals surface area contributed by atoms with E-state index in [0.29, 0.717) is 6.54 Å². The van der Waals surface area contributed by atoms with Gasteiger partial charge in [0.05, 0.1) is 24.4 Å². The van der Waals surface area contributed by atoms with Gasteiger partial charge < -0.3 is 10.1 Å². The van der Waals surface area contributed by atoms with Crippen LogP contribution in [0, 0.1) is 0 Å². The maximum Gasteiger partial charge on any atom is 0.241 e. The number of ether oxygens (including phenoxy) is 1. The molecule has 1 fully saturated rings. The smallest absolute Gasteiger partial charge is 0.241 e. The monoisotopic (exact) mass is 393 g/mol. The average Bonchev–Trinajstić information content (AvgIpc) is 3.41. The molecular weight excluding hydrogens is 370 g/mol. The van der Waals surface area contributed by atoms with Crippen LogP contribution in [0.15, 0.2) is 59.4 Å². The second-order valence-electron chi connectivity index (χ2n) is 6.88. The van der Waals surface area contributed by atoms with Gasteiger partial charge in [-0.25, -0.2) is 4.98 Å². The van der Waals surface area contributed by atoms with Crippen LogP contribution in [0.2, 0.25) is 0 Å². The molecule has 0 radical (unpaired) electrons. The van der Waals surface area contributed by atoms with Crippen LogP contribution in [-0.4, -0.2) is 35.5 Å². The fourth-order valence-electron chi connectivity index (χ4n) is 3.67. The second-order valence-corrected chi connectivity index (χ2v) is 7.60. The fourth-order valence-corrected chi connectivity index (χ4v) is 4.23. The van der Waals surface area contributed by atoms with Crippen molar-refractivity contribution in [1.82, 2.24) is 9.88 Å². The molecule has 1 aliphatic rings. The first-order valence-electron chi connectivity index (χ1n) is 9.40. The van der Waals surface area contributed by atoms with E-state index in [1.807, 2.05) is 53.4 Å². The number of carbonyl (C=O) groups is 1. The largest absolute Gasteiger partial charge is 0.496 e. The Kier molecular flexibility index (Phi) is 5.69. The molecule has 1 aromatic heterocycles. The molecule has 1 aliphatic heterocycles. The number of nitrogens with one attached hydrogen (secondary N) is 1. The molecule has 0 saturated carbocycles. The number of hydrogen-bond acceptors (Lipinski definition) is 5. The molecule has 0 bridgehead atoms. The SMILES string of the molecule is COc1ccccc1CN1CCC[C@H]1C(=O)Nc1ccc(-c2cscn2)cc1. The van der Waals surface area contributed by atoms with Gasteiger partial charge in [0.25, 0.3) is 0 Å². The summed E-state index contributed by atoms with van der Waals surface area (Å²) in [5.41, 5.74) is 5.76. The first-order valence-corrected chi connectivity index (χ1v) is 10.3. The van der Waals surface area contributed by atoms with Crippen LogP contribution in [0.1, 0.15) is 18.4 Å². The number of methoxy groups -OCH3 is 1. The van der Waals surface area contributed by atoms with Crippen molar-refractivity contribution in [3.63, 3.8) is 0 Å². The van der Waals surface area contributed by atoms with Gasteiger partial charge in [0.15, 0.2) is 0 Å². The van der Waals surface area contributed by atoms with E-state index < -0.39 is 0 Å². The minimum atomic E-state index is -0.122. The van der Waals surface area contributed by atoms with Crippen molar-refractivity contribution in [1.29, 1.82) is 0 Å². The van der Waals surface area contributed by atoms with E-state index in [4.69, 9.17) is 4.74 Å². The van der Waals surface area contributed by atoms with Crippen molar-refractivity contribution in [2.24, 2.45) is 0 Å². The summed E-state index contributed by atoms with van der Waals surface area (Å²) in [7, 11) is 1.68. The highest BCUT2D eigenvalue weighted by molar-refractivity contribution is 7.07. The van der Waals surface area contributed by atoms with Crippen molar-refractivity contribution >= 4 is 22.9 Å². The fraction of sp³-hybridized carbons (Fsp3) is 0.273. The van der Waals surface area contributed by atoms with E-state index in [1.54, 1.807) is 18.4 Å². The van der Waals surface area contributed by atoms with E-state index in [9.17, 15) is 4.79 Å². The lowest BCUT2D eigenvalue weighted by Gasteiger charge is -2.24. The summed E-state index contributed by atoms with van der Waals surface area (Å²) in [5, 5.41) is 5.09. The molecule has 1 saturated heterocycles. The zero-order valence-corrected chi connectivity index (χ0v) is 16.6. The van der Waals surface area contributed by atoms with E-state index >= 15 is 0 Å². The number of benzene rings is 2. The van der Waals surface area contributed by atoms with Gasteiger partial charge in [-0.2, -0.15) is 0 Å². The summed E-state index contributed by atoms with van der Waals surface area (Å²) in [6, 6.07) is 15.7. The highest BCUT2D eigenvalue weighted by Crippen LogP contribution is 2.26. The number of carbonyl (C=O) groups excluding carboxylic acids is 1. The third kappa shape index (κ3) is 4.08. The van der Waals surface area contributed by atoms with Crippen LogP contribution < -0.4 is 10.1 Å². The maximum absolute atomic E-state index is 12.9. The topological polar surface area (TPSA) is 54.5 Å². The summed E-state index contributed by atoms with van der Waals surface area (Å²) in [6.45, 7) is 1.63. The molecule has 2 heterocycles. The summed E-state index contributed by atoms with van der Waals surface area (Å²) >= 11 is 1.57. The van der Waals surface area contributed by atoms with Crippen molar-refractivity contribution in [3.8, 4) is 17.0 Å². The zero-order valence-electron chi connectivity index (χ0n) is 15.8. The van der Waals surface area contributed by atoms with Gasteiger partial charge in [0.2, 0.25) is 5.91 Å². The molecule has 4 rings (SSSR count). The first kappa shape index (κ1) is 18.7. The molecule has 144 valence electrons. The molecule has 6 heteroatoms. The molecule has 3 aromatic rings. The van der Waals surface area contributed by atoms with Gasteiger partial charge in [0.1, 0.15) is 5.75 Å². The molecule has 0 spiro atoms. The molecule has 0 aliphatic carbocycles. The standard InChI is InChI=1S/C22H23N3O2S/c1-27-21-7-3-2-5-17(21)13-25-12-4-6-20(25)22(26)24-18-10-8-16(9-11-18)19-14-28-15-23-19/h2-3,5,7-11,14-15,20H,4,6,12-13H2,1H3,(H,24,26)/t20-/m0/s1. The minimum Gasteiger partial charge on any atom is -0.496 e. The quantitative estimate of drug-likeness (QED) is 0.673. The molecular formula is C22H23N3O2S. The molecule has 1 N–H and O–H groups in total. The maximum atomic E-state index is 12.9. The first-order chi connectivity index (χ1) is 13.7. The van der Waals surface area contributed by atoms with E-state index in [1.165, 1.54) is 0 Å². The number of likely N-dealkylation sites (tertiary alicyclic amines) is 1. The summed E-state index contributed by atoms with van der Waals surface area (Å²) in [4.78, 5) is 19.4. The molecule has 5 nitrogen and oxygen atoms in total.